The number of hydrogen-bond donors (Lipinski definition) is 0. The summed E-state index contributed by atoms with van der Waals surface area (Å²) in [6.07, 6.45) is 6.80. The molecule has 1 unspecified atom stereocenters. The van der Waals surface area contributed by atoms with Crippen molar-refractivity contribution in [2.24, 2.45) is 5.41 Å². The van der Waals surface area contributed by atoms with E-state index in [9.17, 15) is 4.79 Å². The van der Waals surface area contributed by atoms with Crippen molar-refractivity contribution in [3.8, 4) is 0 Å². The van der Waals surface area contributed by atoms with Gasteiger partial charge in [0, 0.05) is 18.5 Å². The molecule has 2 nitrogen and oxygen atoms in total. The van der Waals surface area contributed by atoms with Crippen molar-refractivity contribution in [3.63, 3.8) is 0 Å². The molecule has 3 heteroatoms. The fraction of sp³-hybridized carbons (Fsp3) is 0.917. The third kappa shape index (κ3) is 2.30. The Bertz CT molecular complexity index is 248. The van der Waals surface area contributed by atoms with Crippen LogP contribution in [0.5, 0.6) is 0 Å². The van der Waals surface area contributed by atoms with Crippen LogP contribution in [0.1, 0.15) is 45.4 Å². The molecular weight excluding hydrogens is 210 g/mol. The molecule has 1 aliphatic carbocycles. The molecule has 2 fully saturated rings. The predicted molar refractivity (Wildman–Crippen MR) is 62.0 cm³/mol. The van der Waals surface area contributed by atoms with E-state index < -0.39 is 0 Å². The topological polar surface area (TPSA) is 20.3 Å². The largest absolute Gasteiger partial charge is 0.341 e. The fourth-order valence-electron chi connectivity index (χ4n) is 2.83. The lowest BCUT2D eigenvalue weighted by Gasteiger charge is -2.35. The normalized spacial score (nSPS) is 30.5. The van der Waals surface area contributed by atoms with Gasteiger partial charge in [0.15, 0.2) is 0 Å². The molecule has 86 valence electrons. The van der Waals surface area contributed by atoms with Gasteiger partial charge in [0.05, 0.1) is 5.38 Å². The molecule has 1 aliphatic heterocycles. The third-order valence-corrected chi connectivity index (χ3v) is 4.25. The maximum Gasteiger partial charge on any atom is 0.228 e. The summed E-state index contributed by atoms with van der Waals surface area (Å²) in [5.41, 5.74) is -0.0841. The molecule has 1 saturated heterocycles. The Kier molecular flexibility index (Phi) is 3.24. The van der Waals surface area contributed by atoms with Gasteiger partial charge in [-0.15, -0.1) is 11.6 Å². The van der Waals surface area contributed by atoms with E-state index in [0.717, 1.165) is 32.4 Å². The summed E-state index contributed by atoms with van der Waals surface area (Å²) in [6.45, 7) is 3.76. The fourth-order valence-corrected chi connectivity index (χ4v) is 3.09. The summed E-state index contributed by atoms with van der Waals surface area (Å²) in [7, 11) is 0. The SMILES string of the molecule is CC1(C(=O)N2CCC(Cl)C2)CCCCC1. The smallest absolute Gasteiger partial charge is 0.228 e. The summed E-state index contributed by atoms with van der Waals surface area (Å²) < 4.78 is 0. The molecule has 0 spiro atoms. The Morgan fingerprint density at radius 2 is 2.00 bits per heavy atom. The highest BCUT2D eigenvalue weighted by Gasteiger charge is 2.39. The standard InChI is InChI=1S/C12H20ClNO/c1-12(6-3-2-4-7-12)11(15)14-8-5-10(13)9-14/h10H,2-9H2,1H3. The van der Waals surface area contributed by atoms with Crippen molar-refractivity contribution >= 4 is 17.5 Å². The first kappa shape index (κ1) is 11.3. The van der Waals surface area contributed by atoms with Crippen molar-refractivity contribution in [2.45, 2.75) is 50.8 Å². The molecule has 0 bridgehead atoms. The van der Waals surface area contributed by atoms with Crippen LogP contribution in [0.25, 0.3) is 0 Å². The minimum absolute atomic E-state index is 0.0841. The van der Waals surface area contributed by atoms with E-state index >= 15 is 0 Å². The number of halogens is 1. The number of alkyl halides is 1. The summed E-state index contributed by atoms with van der Waals surface area (Å²) >= 11 is 6.04. The second-order valence-electron chi connectivity index (χ2n) is 5.26. The molecule has 2 rings (SSSR count). The van der Waals surface area contributed by atoms with E-state index in [1.165, 1.54) is 19.3 Å². The zero-order valence-electron chi connectivity index (χ0n) is 9.47. The molecule has 1 amide bonds. The molecule has 0 radical (unpaired) electrons. The molecule has 0 N–H and O–H groups in total. The molecule has 1 saturated carbocycles. The highest BCUT2D eigenvalue weighted by molar-refractivity contribution is 6.21. The zero-order valence-corrected chi connectivity index (χ0v) is 10.2. The van der Waals surface area contributed by atoms with Gasteiger partial charge in [0.1, 0.15) is 0 Å². The summed E-state index contributed by atoms with van der Waals surface area (Å²) in [6, 6.07) is 0. The Balaban J connectivity index is 1.99. The average molecular weight is 230 g/mol. The summed E-state index contributed by atoms with van der Waals surface area (Å²) in [5, 5.41) is 0.182. The zero-order chi connectivity index (χ0) is 10.9. The number of rotatable bonds is 1. The first-order valence-electron chi connectivity index (χ1n) is 6.05. The highest BCUT2D eigenvalue weighted by Crippen LogP contribution is 2.38. The van der Waals surface area contributed by atoms with E-state index in [-0.39, 0.29) is 10.8 Å². The number of carbonyl (C=O) groups is 1. The quantitative estimate of drug-likeness (QED) is 0.634. The van der Waals surface area contributed by atoms with Crippen LogP contribution in [-0.4, -0.2) is 29.3 Å². The second kappa shape index (κ2) is 4.32. The van der Waals surface area contributed by atoms with Crippen LogP contribution in [0.4, 0.5) is 0 Å². The first-order chi connectivity index (χ1) is 7.12. The molecule has 15 heavy (non-hydrogen) atoms. The highest BCUT2D eigenvalue weighted by atomic mass is 35.5. The van der Waals surface area contributed by atoms with Gasteiger partial charge >= 0.3 is 0 Å². The first-order valence-corrected chi connectivity index (χ1v) is 6.49. The van der Waals surface area contributed by atoms with Gasteiger partial charge in [-0.3, -0.25) is 4.79 Å². The summed E-state index contributed by atoms with van der Waals surface area (Å²) in [4.78, 5) is 14.3. The molecule has 2 aliphatic rings. The third-order valence-electron chi connectivity index (χ3n) is 3.89. The van der Waals surface area contributed by atoms with Crippen LogP contribution in [0, 0.1) is 5.41 Å². The number of hydrogen-bond acceptors (Lipinski definition) is 1. The van der Waals surface area contributed by atoms with Crippen LogP contribution in [0.2, 0.25) is 0 Å². The van der Waals surface area contributed by atoms with E-state index in [2.05, 4.69) is 6.92 Å². The lowest BCUT2D eigenvalue weighted by molar-refractivity contribution is -0.141. The van der Waals surface area contributed by atoms with Crippen molar-refractivity contribution < 1.29 is 4.79 Å². The van der Waals surface area contributed by atoms with E-state index in [0.29, 0.717) is 5.91 Å². The van der Waals surface area contributed by atoms with E-state index in [1.807, 2.05) is 4.90 Å². The Morgan fingerprint density at radius 3 is 2.53 bits per heavy atom. The van der Waals surface area contributed by atoms with Crippen molar-refractivity contribution in [1.82, 2.24) is 4.90 Å². The van der Waals surface area contributed by atoms with Crippen molar-refractivity contribution in [2.75, 3.05) is 13.1 Å². The molecule has 0 aromatic heterocycles. The van der Waals surface area contributed by atoms with Gasteiger partial charge in [0.25, 0.3) is 0 Å². The monoisotopic (exact) mass is 229 g/mol. The van der Waals surface area contributed by atoms with Crippen LogP contribution in [0.3, 0.4) is 0 Å². The lowest BCUT2D eigenvalue weighted by atomic mass is 9.75. The number of likely N-dealkylation sites (tertiary alicyclic amines) is 1. The van der Waals surface area contributed by atoms with Crippen LogP contribution in [0.15, 0.2) is 0 Å². The number of nitrogens with zero attached hydrogens (tertiary/aromatic N) is 1. The lowest BCUT2D eigenvalue weighted by Crippen LogP contribution is -2.42. The van der Waals surface area contributed by atoms with Crippen LogP contribution >= 0.6 is 11.6 Å². The molecule has 1 heterocycles. The van der Waals surface area contributed by atoms with E-state index in [4.69, 9.17) is 11.6 Å². The minimum atomic E-state index is -0.0841. The van der Waals surface area contributed by atoms with Gasteiger partial charge in [0.2, 0.25) is 5.91 Å². The van der Waals surface area contributed by atoms with Gasteiger partial charge in [-0.05, 0) is 19.3 Å². The maximum atomic E-state index is 12.3. The van der Waals surface area contributed by atoms with Gasteiger partial charge < -0.3 is 4.90 Å². The van der Waals surface area contributed by atoms with Crippen molar-refractivity contribution in [1.29, 1.82) is 0 Å². The van der Waals surface area contributed by atoms with Crippen molar-refractivity contribution in [3.05, 3.63) is 0 Å². The maximum absolute atomic E-state index is 12.3. The Morgan fingerprint density at radius 1 is 1.33 bits per heavy atom. The minimum Gasteiger partial charge on any atom is -0.341 e. The number of amides is 1. The Hall–Kier alpha value is -0.240. The molecular formula is C12H20ClNO. The second-order valence-corrected chi connectivity index (χ2v) is 5.88. The van der Waals surface area contributed by atoms with Crippen LogP contribution in [-0.2, 0) is 4.79 Å². The molecule has 0 aromatic rings. The van der Waals surface area contributed by atoms with Gasteiger partial charge in [-0.1, -0.05) is 26.2 Å². The molecule has 1 atom stereocenters. The predicted octanol–water partition coefficient (Wildman–Crippen LogP) is 2.80. The number of carbonyl (C=O) groups excluding carboxylic acids is 1. The van der Waals surface area contributed by atoms with Gasteiger partial charge in [-0.25, -0.2) is 0 Å². The summed E-state index contributed by atoms with van der Waals surface area (Å²) in [5.74, 6) is 0.352. The van der Waals surface area contributed by atoms with E-state index in [1.54, 1.807) is 0 Å². The molecule has 0 aromatic carbocycles. The van der Waals surface area contributed by atoms with Gasteiger partial charge in [-0.2, -0.15) is 0 Å². The Labute approximate surface area is 97.0 Å². The average Bonchev–Trinajstić information content (AvgIpc) is 2.65. The van der Waals surface area contributed by atoms with Crippen LogP contribution < -0.4 is 0 Å².